The first-order valence-corrected chi connectivity index (χ1v) is 3.73. The van der Waals surface area contributed by atoms with Gasteiger partial charge in [-0.3, -0.25) is 0 Å². The second-order valence-electron chi connectivity index (χ2n) is 1.33. The highest BCUT2D eigenvalue weighted by molar-refractivity contribution is 9.14. The van der Waals surface area contributed by atoms with Crippen LogP contribution in [0.2, 0.25) is 0 Å². The third kappa shape index (κ3) is 6.11. The lowest BCUT2D eigenvalue weighted by atomic mass is 10.6. The molecule has 0 aliphatic rings. The van der Waals surface area contributed by atoms with Crippen molar-refractivity contribution < 1.29 is 0 Å². The van der Waals surface area contributed by atoms with Gasteiger partial charge in [0.2, 0.25) is 0 Å². The fourth-order valence-electron chi connectivity index (χ4n) is 0.157. The van der Waals surface area contributed by atoms with Gasteiger partial charge in [-0.1, -0.05) is 18.3 Å². The van der Waals surface area contributed by atoms with E-state index in [0.717, 1.165) is 9.51 Å². The van der Waals surface area contributed by atoms with E-state index in [9.17, 15) is 0 Å². The molecule has 0 heterocycles. The molecular weight excluding hydrogens is 186 g/mol. The lowest BCUT2D eigenvalue weighted by Gasteiger charge is -1.88. The third-order valence-electron chi connectivity index (χ3n) is 0.373. The molecule has 0 spiro atoms. The predicted octanol–water partition coefficient (Wildman–Crippen LogP) is 2.41. The second kappa shape index (κ2) is 4.04. The first-order chi connectivity index (χ1) is 3.63. The molecule has 0 aromatic carbocycles. The molecule has 0 amide bonds. The normalized spacial score (nSPS) is 11.5. The predicted molar refractivity (Wildman–Crippen MR) is 43.6 cm³/mol. The van der Waals surface area contributed by atoms with E-state index >= 15 is 0 Å². The van der Waals surface area contributed by atoms with Crippen LogP contribution in [0.4, 0.5) is 0 Å². The van der Waals surface area contributed by atoms with Gasteiger partial charge >= 0.3 is 0 Å². The number of thioether (sulfide) groups is 1. The summed E-state index contributed by atoms with van der Waals surface area (Å²) >= 11 is 4.65. The van der Waals surface area contributed by atoms with E-state index in [1.807, 2.05) is 12.3 Å². The van der Waals surface area contributed by atoms with Crippen LogP contribution in [0, 0.1) is 0 Å². The summed E-state index contributed by atoms with van der Waals surface area (Å²) in [7, 11) is 0. The zero-order valence-corrected chi connectivity index (χ0v) is 7.05. The SMILES string of the molecule is C=C(Br)S/C=C(/C)N. The maximum absolute atomic E-state index is 5.32. The minimum Gasteiger partial charge on any atom is -0.402 e. The average molecular weight is 194 g/mol. The van der Waals surface area contributed by atoms with Gasteiger partial charge in [-0.05, 0) is 28.3 Å². The third-order valence-corrected chi connectivity index (χ3v) is 1.68. The van der Waals surface area contributed by atoms with E-state index in [1.165, 1.54) is 11.8 Å². The van der Waals surface area contributed by atoms with E-state index in [-0.39, 0.29) is 0 Å². The molecule has 8 heavy (non-hydrogen) atoms. The molecule has 1 nitrogen and oxygen atoms in total. The molecule has 0 saturated carbocycles. The summed E-state index contributed by atoms with van der Waals surface area (Å²) in [6.45, 7) is 5.44. The van der Waals surface area contributed by atoms with Gasteiger partial charge in [0.05, 0.1) is 0 Å². The van der Waals surface area contributed by atoms with Gasteiger partial charge in [0.15, 0.2) is 0 Å². The van der Waals surface area contributed by atoms with Crippen molar-refractivity contribution in [1.29, 1.82) is 0 Å². The van der Waals surface area contributed by atoms with Gasteiger partial charge in [0, 0.05) is 9.51 Å². The Kier molecular flexibility index (Phi) is 4.09. The molecule has 2 N–H and O–H groups in total. The first-order valence-electron chi connectivity index (χ1n) is 2.06. The van der Waals surface area contributed by atoms with Crippen LogP contribution in [-0.2, 0) is 0 Å². The lowest BCUT2D eigenvalue weighted by Crippen LogP contribution is -1.86. The molecule has 0 saturated heterocycles. The highest BCUT2D eigenvalue weighted by Crippen LogP contribution is 2.20. The van der Waals surface area contributed by atoms with Gasteiger partial charge in [0.1, 0.15) is 0 Å². The summed E-state index contributed by atoms with van der Waals surface area (Å²) in [5.74, 6) is 0. The van der Waals surface area contributed by atoms with Gasteiger partial charge in [0.25, 0.3) is 0 Å². The standard InChI is InChI=1S/C5H8BrNS/c1-4(7)3-8-5(2)6/h3H,2,7H2,1H3/b4-3-. The Balaban J connectivity index is 3.45. The molecule has 0 aromatic rings. The lowest BCUT2D eigenvalue weighted by molar-refractivity contribution is 1.33. The molecule has 0 aromatic heterocycles. The zero-order chi connectivity index (χ0) is 6.57. The van der Waals surface area contributed by atoms with Crippen LogP contribution in [0.15, 0.2) is 21.5 Å². The van der Waals surface area contributed by atoms with Crippen molar-refractivity contribution in [2.24, 2.45) is 5.73 Å². The number of allylic oxidation sites excluding steroid dienone is 1. The summed E-state index contributed by atoms with van der Waals surface area (Å²) in [6, 6.07) is 0. The van der Waals surface area contributed by atoms with Crippen molar-refractivity contribution in [3.63, 3.8) is 0 Å². The van der Waals surface area contributed by atoms with Crippen LogP contribution in [0.1, 0.15) is 6.92 Å². The average Bonchev–Trinajstić information content (AvgIpc) is 1.61. The number of hydrogen-bond donors (Lipinski definition) is 1. The number of nitrogens with two attached hydrogens (primary N) is 1. The Hall–Kier alpha value is 0.110. The summed E-state index contributed by atoms with van der Waals surface area (Å²) < 4.78 is 0.877. The molecular formula is C5H8BrNS. The minimum atomic E-state index is 0.801. The van der Waals surface area contributed by atoms with E-state index in [2.05, 4.69) is 22.5 Å². The van der Waals surface area contributed by atoms with Gasteiger partial charge in [-0.2, -0.15) is 0 Å². The number of hydrogen-bond acceptors (Lipinski definition) is 2. The van der Waals surface area contributed by atoms with Gasteiger partial charge < -0.3 is 5.73 Å². The van der Waals surface area contributed by atoms with Crippen LogP contribution in [0.3, 0.4) is 0 Å². The van der Waals surface area contributed by atoms with Crippen molar-refractivity contribution in [2.75, 3.05) is 0 Å². The Morgan fingerprint density at radius 2 is 2.38 bits per heavy atom. The fraction of sp³-hybridized carbons (Fsp3) is 0.200. The van der Waals surface area contributed by atoms with Crippen LogP contribution in [0.25, 0.3) is 0 Å². The molecule has 3 heteroatoms. The van der Waals surface area contributed by atoms with E-state index < -0.39 is 0 Å². The summed E-state index contributed by atoms with van der Waals surface area (Å²) in [6.07, 6.45) is 0. The van der Waals surface area contributed by atoms with E-state index in [0.29, 0.717) is 0 Å². The Bertz CT molecular complexity index is 116. The van der Waals surface area contributed by atoms with Crippen molar-refractivity contribution in [1.82, 2.24) is 0 Å². The molecule has 0 aliphatic carbocycles. The fourth-order valence-corrected chi connectivity index (χ4v) is 0.751. The van der Waals surface area contributed by atoms with Crippen LogP contribution in [-0.4, -0.2) is 0 Å². The maximum atomic E-state index is 5.32. The van der Waals surface area contributed by atoms with Crippen molar-refractivity contribution in [3.8, 4) is 0 Å². The van der Waals surface area contributed by atoms with Crippen LogP contribution < -0.4 is 5.73 Å². The quantitative estimate of drug-likeness (QED) is 0.730. The first kappa shape index (κ1) is 8.11. The number of rotatable bonds is 2. The molecule has 46 valence electrons. The van der Waals surface area contributed by atoms with Crippen molar-refractivity contribution in [2.45, 2.75) is 6.92 Å². The number of halogens is 1. The molecule has 0 fully saturated rings. The zero-order valence-electron chi connectivity index (χ0n) is 4.65. The van der Waals surface area contributed by atoms with Crippen molar-refractivity contribution >= 4 is 27.7 Å². The second-order valence-corrected chi connectivity index (χ2v) is 3.78. The minimum absolute atomic E-state index is 0.801. The monoisotopic (exact) mass is 193 g/mol. The molecule has 0 rings (SSSR count). The molecule has 0 aliphatic heterocycles. The molecule has 0 radical (unpaired) electrons. The highest BCUT2D eigenvalue weighted by Gasteiger charge is 1.81. The van der Waals surface area contributed by atoms with Crippen LogP contribution >= 0.6 is 27.7 Å². The molecule has 0 atom stereocenters. The summed E-state index contributed by atoms with van der Waals surface area (Å²) in [5, 5.41) is 1.83. The Morgan fingerprint density at radius 1 is 1.88 bits per heavy atom. The topological polar surface area (TPSA) is 26.0 Å². The smallest absolute Gasteiger partial charge is 0.0474 e. The van der Waals surface area contributed by atoms with Gasteiger partial charge in [-0.15, -0.1) is 0 Å². The largest absolute Gasteiger partial charge is 0.402 e. The summed E-state index contributed by atoms with van der Waals surface area (Å²) in [4.78, 5) is 0. The van der Waals surface area contributed by atoms with E-state index in [4.69, 9.17) is 5.73 Å². The molecule has 0 bridgehead atoms. The van der Waals surface area contributed by atoms with E-state index in [1.54, 1.807) is 0 Å². The van der Waals surface area contributed by atoms with Gasteiger partial charge in [-0.25, -0.2) is 0 Å². The van der Waals surface area contributed by atoms with Crippen molar-refractivity contribution in [3.05, 3.63) is 21.5 Å². The Labute approximate surface area is 62.2 Å². The highest BCUT2D eigenvalue weighted by atomic mass is 79.9. The molecule has 0 unspecified atom stereocenters. The summed E-state index contributed by atoms with van der Waals surface area (Å²) in [5.41, 5.74) is 6.12. The van der Waals surface area contributed by atoms with Crippen LogP contribution in [0.5, 0.6) is 0 Å². The Morgan fingerprint density at radius 3 is 2.50 bits per heavy atom. The maximum Gasteiger partial charge on any atom is 0.0474 e.